The predicted octanol–water partition coefficient (Wildman–Crippen LogP) is 0.487. The molecule has 0 aliphatic carbocycles. The van der Waals surface area contributed by atoms with E-state index in [9.17, 15) is 14.7 Å². The maximum Gasteiger partial charge on any atom is 0.314 e. The Kier molecular flexibility index (Phi) is 7.40. The molecule has 6 nitrogen and oxygen atoms in total. The van der Waals surface area contributed by atoms with Crippen LogP contribution in [-0.4, -0.2) is 55.8 Å². The number of benzene rings is 1. The molecule has 0 radical (unpaired) electrons. The molecule has 0 amide bonds. The summed E-state index contributed by atoms with van der Waals surface area (Å²) in [6.07, 6.45) is 1.21. The summed E-state index contributed by atoms with van der Waals surface area (Å²) in [5.41, 5.74) is 0.635. The number of likely N-dealkylation sites (tertiary alicyclic amines) is 1. The quantitative estimate of drug-likeness (QED) is 0.527. The highest BCUT2D eigenvalue weighted by atomic mass is 16.5. The van der Waals surface area contributed by atoms with Crippen LogP contribution in [-0.2, 0) is 9.53 Å². The minimum atomic E-state index is -0.608. The minimum Gasteiger partial charge on any atom is -0.491 e. The highest BCUT2D eigenvalue weighted by molar-refractivity contribution is 5.94. The summed E-state index contributed by atoms with van der Waals surface area (Å²) in [5, 5.41) is 10.2. The van der Waals surface area contributed by atoms with E-state index in [1.54, 1.807) is 24.3 Å². The first kappa shape index (κ1) is 19.4. The van der Waals surface area contributed by atoms with E-state index >= 15 is 0 Å². The number of Topliss-reactive ketones (excluding diaryl/α,β-unsaturated/α-hetero) is 1. The van der Waals surface area contributed by atoms with Crippen LogP contribution in [0.15, 0.2) is 24.3 Å². The normalized spacial score (nSPS) is 21.4. The average molecular weight is 350 g/mol. The lowest BCUT2D eigenvalue weighted by atomic mass is 9.98. The number of ether oxygens (including phenoxy) is 2. The van der Waals surface area contributed by atoms with Crippen molar-refractivity contribution in [1.82, 2.24) is 0 Å². The monoisotopic (exact) mass is 350 g/mol. The van der Waals surface area contributed by atoms with Gasteiger partial charge in [0.15, 0.2) is 5.78 Å². The van der Waals surface area contributed by atoms with Gasteiger partial charge in [-0.3, -0.25) is 9.59 Å². The number of aliphatic hydroxyl groups excluding tert-OH is 1. The zero-order chi connectivity index (χ0) is 18.2. The number of ketones is 1. The smallest absolute Gasteiger partial charge is 0.314 e. The Bertz CT molecular complexity index is 572. The number of esters is 1. The molecule has 0 aromatic heterocycles. The van der Waals surface area contributed by atoms with Crippen molar-refractivity contribution in [3.63, 3.8) is 0 Å². The Morgan fingerprint density at radius 1 is 1.32 bits per heavy atom. The van der Waals surface area contributed by atoms with Crippen LogP contribution in [0.25, 0.3) is 0 Å². The first-order valence-corrected chi connectivity index (χ1v) is 8.91. The second-order valence-electron chi connectivity index (χ2n) is 6.54. The molecule has 1 aromatic rings. The fourth-order valence-corrected chi connectivity index (χ4v) is 3.17. The first-order valence-electron chi connectivity index (χ1n) is 8.91. The summed E-state index contributed by atoms with van der Waals surface area (Å²) in [5.74, 6) is 0.436. The van der Waals surface area contributed by atoms with Gasteiger partial charge in [-0.25, -0.2) is 0 Å². The third kappa shape index (κ3) is 6.14. The highest BCUT2D eigenvalue weighted by Gasteiger charge is 2.30. The predicted molar refractivity (Wildman–Crippen MR) is 92.9 cm³/mol. The van der Waals surface area contributed by atoms with Crippen LogP contribution in [0.1, 0.15) is 37.0 Å². The molecule has 1 fully saturated rings. The average Bonchev–Trinajstić information content (AvgIpc) is 2.61. The molecule has 0 saturated carbocycles. The van der Waals surface area contributed by atoms with Gasteiger partial charge in [0, 0.05) is 5.56 Å². The molecule has 0 spiro atoms. The standard InChI is InChI=1S/C19H27NO5/c1-3-24-19(23)16-5-4-10-20(11-16)12-17(22)13-25-18-8-6-15(7-9-18)14(2)21/h6-9,16-17,22H,3-5,10-13H2,1-2H3/p+1/t16-,17-/m0/s1. The zero-order valence-corrected chi connectivity index (χ0v) is 15.0. The minimum absolute atomic E-state index is 0.0106. The largest absolute Gasteiger partial charge is 0.491 e. The lowest BCUT2D eigenvalue weighted by Crippen LogP contribution is -3.15. The van der Waals surface area contributed by atoms with Crippen LogP contribution in [0.4, 0.5) is 0 Å². The van der Waals surface area contributed by atoms with Crippen molar-refractivity contribution in [3.05, 3.63) is 29.8 Å². The van der Waals surface area contributed by atoms with E-state index in [2.05, 4.69) is 0 Å². The van der Waals surface area contributed by atoms with Gasteiger partial charge >= 0.3 is 5.97 Å². The van der Waals surface area contributed by atoms with Gasteiger partial charge < -0.3 is 19.5 Å². The van der Waals surface area contributed by atoms with Gasteiger partial charge in [-0.05, 0) is 51.0 Å². The topological polar surface area (TPSA) is 77.3 Å². The van der Waals surface area contributed by atoms with E-state index in [1.807, 2.05) is 6.92 Å². The molecule has 1 aromatic carbocycles. The zero-order valence-electron chi connectivity index (χ0n) is 15.0. The van der Waals surface area contributed by atoms with Crippen LogP contribution in [0.2, 0.25) is 0 Å². The molecule has 1 aliphatic rings. The molecule has 1 saturated heterocycles. The van der Waals surface area contributed by atoms with Gasteiger partial charge in [0.05, 0.1) is 19.7 Å². The van der Waals surface area contributed by atoms with Gasteiger partial charge in [-0.2, -0.15) is 0 Å². The number of hydrogen-bond acceptors (Lipinski definition) is 5. The molecule has 25 heavy (non-hydrogen) atoms. The van der Waals surface area contributed by atoms with Crippen molar-refractivity contribution in [2.45, 2.75) is 32.8 Å². The van der Waals surface area contributed by atoms with E-state index in [0.29, 0.717) is 31.0 Å². The van der Waals surface area contributed by atoms with Gasteiger partial charge in [-0.15, -0.1) is 0 Å². The van der Waals surface area contributed by atoms with Crippen molar-refractivity contribution < 1.29 is 29.1 Å². The Morgan fingerprint density at radius 2 is 2.04 bits per heavy atom. The van der Waals surface area contributed by atoms with Crippen LogP contribution in [0, 0.1) is 5.92 Å². The maximum atomic E-state index is 11.9. The molecule has 1 heterocycles. The molecule has 2 rings (SSSR count). The third-order valence-corrected chi connectivity index (χ3v) is 4.47. The molecular formula is C19H28NO5+. The fourth-order valence-electron chi connectivity index (χ4n) is 3.17. The number of hydrogen-bond donors (Lipinski definition) is 2. The molecular weight excluding hydrogens is 322 g/mol. The SMILES string of the molecule is CCOC(=O)[C@H]1CCC[NH+](C[C@H](O)COc2ccc(C(C)=O)cc2)C1. The second-order valence-corrected chi connectivity index (χ2v) is 6.54. The summed E-state index contributed by atoms with van der Waals surface area (Å²) >= 11 is 0. The van der Waals surface area contributed by atoms with Crippen molar-refractivity contribution >= 4 is 11.8 Å². The van der Waals surface area contributed by atoms with E-state index in [1.165, 1.54) is 11.8 Å². The van der Waals surface area contributed by atoms with Crippen LogP contribution >= 0.6 is 0 Å². The van der Waals surface area contributed by atoms with Crippen molar-refractivity contribution in [2.24, 2.45) is 5.92 Å². The molecule has 1 unspecified atom stereocenters. The molecule has 2 N–H and O–H groups in total. The Hall–Kier alpha value is -1.92. The summed E-state index contributed by atoms with van der Waals surface area (Å²) in [6.45, 7) is 6.11. The van der Waals surface area contributed by atoms with E-state index < -0.39 is 6.10 Å². The molecule has 6 heteroatoms. The maximum absolute atomic E-state index is 11.9. The van der Waals surface area contributed by atoms with Crippen LogP contribution < -0.4 is 9.64 Å². The molecule has 0 bridgehead atoms. The number of carbonyl (C=O) groups is 2. The van der Waals surface area contributed by atoms with Gasteiger partial charge in [0.2, 0.25) is 0 Å². The number of quaternary nitrogens is 1. The van der Waals surface area contributed by atoms with Crippen molar-refractivity contribution in [1.29, 1.82) is 0 Å². The third-order valence-electron chi connectivity index (χ3n) is 4.47. The fraction of sp³-hybridized carbons (Fsp3) is 0.579. The number of aliphatic hydroxyl groups is 1. The number of piperidine rings is 1. The van der Waals surface area contributed by atoms with Gasteiger partial charge in [0.1, 0.15) is 30.9 Å². The summed E-state index contributed by atoms with van der Waals surface area (Å²) < 4.78 is 10.7. The lowest BCUT2D eigenvalue weighted by Gasteiger charge is -2.30. The van der Waals surface area contributed by atoms with Gasteiger partial charge in [0.25, 0.3) is 0 Å². The van der Waals surface area contributed by atoms with E-state index in [4.69, 9.17) is 9.47 Å². The number of rotatable bonds is 8. The Balaban J connectivity index is 1.76. The Morgan fingerprint density at radius 3 is 2.68 bits per heavy atom. The summed E-state index contributed by atoms with van der Waals surface area (Å²) in [6, 6.07) is 6.88. The molecule has 1 aliphatic heterocycles. The van der Waals surface area contributed by atoms with E-state index in [0.717, 1.165) is 19.4 Å². The van der Waals surface area contributed by atoms with Crippen LogP contribution in [0.3, 0.4) is 0 Å². The van der Waals surface area contributed by atoms with Crippen molar-refractivity contribution in [2.75, 3.05) is 32.8 Å². The van der Waals surface area contributed by atoms with Crippen molar-refractivity contribution in [3.8, 4) is 5.75 Å². The second kappa shape index (κ2) is 9.53. The highest BCUT2D eigenvalue weighted by Crippen LogP contribution is 2.13. The Labute approximate surface area is 148 Å². The summed E-state index contributed by atoms with van der Waals surface area (Å²) in [7, 11) is 0. The first-order chi connectivity index (χ1) is 12.0. The van der Waals surface area contributed by atoms with Gasteiger partial charge in [-0.1, -0.05) is 0 Å². The van der Waals surface area contributed by atoms with E-state index in [-0.39, 0.29) is 24.3 Å². The molecule has 138 valence electrons. The summed E-state index contributed by atoms with van der Waals surface area (Å²) in [4.78, 5) is 24.3. The number of carbonyl (C=O) groups excluding carboxylic acids is 2. The van der Waals surface area contributed by atoms with Crippen LogP contribution in [0.5, 0.6) is 5.75 Å². The number of nitrogens with one attached hydrogen (secondary N) is 1. The molecule has 3 atom stereocenters. The lowest BCUT2D eigenvalue weighted by molar-refractivity contribution is -0.910.